The van der Waals surface area contributed by atoms with Gasteiger partial charge in [0, 0.05) is 24.6 Å². The number of carbonyl (C=O) groups is 2. The average Bonchev–Trinajstić information content (AvgIpc) is 3.41. The standard InChI is InChI=1S/C29H34N4O3S/c34-26(30-20-12-13-21-23(18-20)31-27(35)29(21)14-16-36-17-15-29)25(19-8-4-2-1-3-5-9-19)33-28-32-22-10-6-7-11-24(22)37-28/h6-7,10-13,18-19,25H,1-5,8-9,14-17H2,(H,30,34)(H,31,35)(H,32,33). The molecule has 2 fully saturated rings. The molecule has 3 heterocycles. The van der Waals surface area contributed by atoms with Crippen LogP contribution in [-0.2, 0) is 19.7 Å². The Morgan fingerprint density at radius 1 is 1.05 bits per heavy atom. The average molecular weight is 519 g/mol. The van der Waals surface area contributed by atoms with Gasteiger partial charge in [-0.25, -0.2) is 4.98 Å². The van der Waals surface area contributed by atoms with E-state index < -0.39 is 5.41 Å². The van der Waals surface area contributed by atoms with E-state index in [1.54, 1.807) is 11.3 Å². The molecule has 3 aliphatic rings. The van der Waals surface area contributed by atoms with E-state index in [0.717, 1.165) is 52.3 Å². The van der Waals surface area contributed by atoms with Crippen LogP contribution in [0.5, 0.6) is 0 Å². The number of hydrogen-bond donors (Lipinski definition) is 3. The first-order chi connectivity index (χ1) is 18.1. The highest BCUT2D eigenvalue weighted by Gasteiger charge is 2.47. The predicted molar refractivity (Wildman–Crippen MR) is 148 cm³/mol. The van der Waals surface area contributed by atoms with Crippen molar-refractivity contribution in [2.45, 2.75) is 69.2 Å². The SMILES string of the molecule is O=C(Nc1ccc2c(c1)NC(=O)C21CCOCC1)C(Nc1nc2ccccc2s1)C1CCCCCCC1. The molecule has 2 aromatic carbocycles. The summed E-state index contributed by atoms with van der Waals surface area (Å²) in [6.07, 6.45) is 9.46. The van der Waals surface area contributed by atoms with Crippen LogP contribution in [0.2, 0.25) is 0 Å². The van der Waals surface area contributed by atoms with Crippen LogP contribution in [0.1, 0.15) is 63.4 Å². The number of hydrogen-bond acceptors (Lipinski definition) is 6. The quantitative estimate of drug-likeness (QED) is 0.381. The smallest absolute Gasteiger partial charge is 0.247 e. The van der Waals surface area contributed by atoms with Gasteiger partial charge in [0.25, 0.3) is 0 Å². The highest BCUT2D eigenvalue weighted by atomic mass is 32.1. The Hall–Kier alpha value is -2.97. The van der Waals surface area contributed by atoms with Crippen molar-refractivity contribution in [3.8, 4) is 0 Å². The maximum atomic E-state index is 13.8. The summed E-state index contributed by atoms with van der Waals surface area (Å²) in [7, 11) is 0. The molecule has 2 amide bonds. The molecule has 2 aliphatic heterocycles. The summed E-state index contributed by atoms with van der Waals surface area (Å²) >= 11 is 1.59. The molecule has 8 heteroatoms. The van der Waals surface area contributed by atoms with Crippen LogP contribution in [0.3, 0.4) is 0 Å². The van der Waals surface area contributed by atoms with Gasteiger partial charge in [-0.05, 0) is 61.4 Å². The van der Waals surface area contributed by atoms with Gasteiger partial charge in [0.1, 0.15) is 6.04 Å². The van der Waals surface area contributed by atoms with Crippen LogP contribution in [0.15, 0.2) is 42.5 Å². The van der Waals surface area contributed by atoms with Gasteiger partial charge in [-0.1, -0.05) is 61.6 Å². The van der Waals surface area contributed by atoms with Crippen LogP contribution < -0.4 is 16.0 Å². The van der Waals surface area contributed by atoms with E-state index >= 15 is 0 Å². The minimum Gasteiger partial charge on any atom is -0.381 e. The first kappa shape index (κ1) is 24.4. The summed E-state index contributed by atoms with van der Waals surface area (Å²) < 4.78 is 6.63. The molecular weight excluding hydrogens is 484 g/mol. The van der Waals surface area contributed by atoms with Gasteiger partial charge in [-0.3, -0.25) is 9.59 Å². The van der Waals surface area contributed by atoms with Crippen LogP contribution in [0.25, 0.3) is 10.2 Å². The van der Waals surface area contributed by atoms with Crippen molar-refractivity contribution >= 4 is 49.9 Å². The van der Waals surface area contributed by atoms with E-state index in [1.165, 1.54) is 19.3 Å². The van der Waals surface area contributed by atoms with Crippen molar-refractivity contribution < 1.29 is 14.3 Å². The van der Waals surface area contributed by atoms with Gasteiger partial charge >= 0.3 is 0 Å². The zero-order valence-corrected chi connectivity index (χ0v) is 21.9. The Morgan fingerprint density at radius 3 is 2.59 bits per heavy atom. The number of ether oxygens (including phenoxy) is 1. The van der Waals surface area contributed by atoms with Crippen LogP contribution in [0.4, 0.5) is 16.5 Å². The summed E-state index contributed by atoms with van der Waals surface area (Å²) in [5, 5.41) is 10.5. The number of thiazole rings is 1. The number of amides is 2. The largest absolute Gasteiger partial charge is 0.381 e. The third-order valence-corrected chi connectivity index (χ3v) is 9.28. The molecule has 1 saturated heterocycles. The number of anilines is 3. The summed E-state index contributed by atoms with van der Waals surface area (Å²) in [4.78, 5) is 31.5. The molecule has 3 aromatic rings. The minimum absolute atomic E-state index is 0.0409. The fourth-order valence-electron chi connectivity index (χ4n) is 6.23. The van der Waals surface area contributed by atoms with Gasteiger partial charge in [0.05, 0.1) is 15.6 Å². The number of para-hydroxylation sites is 1. The molecule has 7 nitrogen and oxygen atoms in total. The lowest BCUT2D eigenvalue weighted by atomic mass is 9.75. The molecule has 1 aliphatic carbocycles. The number of rotatable bonds is 5. The monoisotopic (exact) mass is 518 g/mol. The molecule has 1 spiro atoms. The number of benzene rings is 2. The van der Waals surface area contributed by atoms with Crippen LogP contribution in [-0.4, -0.2) is 36.1 Å². The predicted octanol–water partition coefficient (Wildman–Crippen LogP) is 6.08. The Balaban J connectivity index is 1.24. The molecule has 3 N–H and O–H groups in total. The normalized spacial score (nSPS) is 20.6. The molecule has 1 saturated carbocycles. The third-order valence-electron chi connectivity index (χ3n) is 8.31. The molecule has 1 unspecified atom stereocenters. The van der Waals surface area contributed by atoms with E-state index in [9.17, 15) is 9.59 Å². The lowest BCUT2D eigenvalue weighted by molar-refractivity contribution is -0.124. The second-order valence-electron chi connectivity index (χ2n) is 10.6. The van der Waals surface area contributed by atoms with Gasteiger partial charge in [-0.2, -0.15) is 0 Å². The number of fused-ring (bicyclic) bond motifs is 3. The second kappa shape index (κ2) is 10.4. The molecule has 194 valence electrons. The maximum absolute atomic E-state index is 13.8. The van der Waals surface area contributed by atoms with E-state index in [0.29, 0.717) is 31.7 Å². The lowest BCUT2D eigenvalue weighted by Crippen LogP contribution is -2.41. The summed E-state index contributed by atoms with van der Waals surface area (Å²) in [6.45, 7) is 1.18. The van der Waals surface area contributed by atoms with Crippen molar-refractivity contribution in [1.29, 1.82) is 0 Å². The zero-order valence-electron chi connectivity index (χ0n) is 21.1. The number of carbonyl (C=O) groups excluding carboxylic acids is 2. The first-order valence-corrected chi connectivity index (χ1v) is 14.4. The van der Waals surface area contributed by atoms with Gasteiger partial charge in [0.15, 0.2) is 5.13 Å². The van der Waals surface area contributed by atoms with E-state index in [4.69, 9.17) is 9.72 Å². The van der Waals surface area contributed by atoms with Gasteiger partial charge in [-0.15, -0.1) is 0 Å². The molecular formula is C29H34N4O3S. The Kier molecular flexibility index (Phi) is 6.86. The van der Waals surface area contributed by atoms with Crippen molar-refractivity contribution in [2.24, 2.45) is 5.92 Å². The van der Waals surface area contributed by atoms with E-state index in [-0.39, 0.29) is 23.8 Å². The van der Waals surface area contributed by atoms with Crippen molar-refractivity contribution in [3.05, 3.63) is 48.0 Å². The zero-order chi connectivity index (χ0) is 25.2. The van der Waals surface area contributed by atoms with Gasteiger partial charge < -0.3 is 20.7 Å². The first-order valence-electron chi connectivity index (χ1n) is 13.6. The fourth-order valence-corrected chi connectivity index (χ4v) is 7.13. The topological polar surface area (TPSA) is 92.4 Å². The molecule has 37 heavy (non-hydrogen) atoms. The van der Waals surface area contributed by atoms with Crippen molar-refractivity contribution in [2.75, 3.05) is 29.2 Å². The summed E-state index contributed by atoms with van der Waals surface area (Å²) in [6, 6.07) is 13.5. The molecule has 0 bridgehead atoms. The van der Waals surface area contributed by atoms with E-state index in [2.05, 4.69) is 22.0 Å². The highest BCUT2D eigenvalue weighted by molar-refractivity contribution is 7.22. The fraction of sp³-hybridized carbons (Fsp3) is 0.483. The van der Waals surface area contributed by atoms with Crippen LogP contribution in [0, 0.1) is 5.92 Å². The summed E-state index contributed by atoms with van der Waals surface area (Å²) in [5.74, 6) is 0.237. The highest BCUT2D eigenvalue weighted by Crippen LogP contribution is 2.45. The Bertz CT molecular complexity index is 1260. The number of nitrogens with one attached hydrogen (secondary N) is 3. The molecule has 1 aromatic heterocycles. The Morgan fingerprint density at radius 2 is 1.81 bits per heavy atom. The molecule has 0 radical (unpaired) electrons. The lowest BCUT2D eigenvalue weighted by Gasteiger charge is -2.31. The van der Waals surface area contributed by atoms with E-state index in [1.807, 2.05) is 36.4 Å². The Labute approximate surface area is 221 Å². The number of nitrogens with zero attached hydrogens (tertiary/aromatic N) is 1. The third kappa shape index (κ3) is 4.84. The maximum Gasteiger partial charge on any atom is 0.247 e. The molecule has 1 atom stereocenters. The van der Waals surface area contributed by atoms with Crippen molar-refractivity contribution in [1.82, 2.24) is 4.98 Å². The van der Waals surface area contributed by atoms with Crippen LogP contribution >= 0.6 is 11.3 Å². The summed E-state index contributed by atoms with van der Waals surface area (Å²) in [5.41, 5.74) is 2.96. The second-order valence-corrected chi connectivity index (χ2v) is 11.6. The molecule has 6 rings (SSSR count). The number of aromatic nitrogens is 1. The minimum atomic E-state index is -0.508. The van der Waals surface area contributed by atoms with Crippen molar-refractivity contribution in [3.63, 3.8) is 0 Å². The van der Waals surface area contributed by atoms with Gasteiger partial charge in [0.2, 0.25) is 11.8 Å².